The molecule has 0 fully saturated rings. The molecule has 0 aliphatic rings. The molecule has 0 aliphatic carbocycles. The lowest BCUT2D eigenvalue weighted by molar-refractivity contribution is 0.406. The Morgan fingerprint density at radius 2 is 1.55 bits per heavy atom. The third-order valence-corrected chi connectivity index (χ3v) is 11.3. The molecule has 0 bridgehead atoms. The number of azo groups is 1. The van der Waals surface area contributed by atoms with Crippen LogP contribution >= 0.6 is 22.9 Å². The van der Waals surface area contributed by atoms with Crippen LogP contribution in [0.25, 0.3) is 20.8 Å². The van der Waals surface area contributed by atoms with Gasteiger partial charge in [0.1, 0.15) is 26.0 Å². The molecule has 0 atom stereocenters. The molecule has 0 saturated heterocycles. The van der Waals surface area contributed by atoms with E-state index in [4.69, 9.17) is 17.0 Å². The van der Waals surface area contributed by atoms with E-state index >= 15 is 0 Å². The van der Waals surface area contributed by atoms with Crippen molar-refractivity contribution in [3.05, 3.63) is 86.9 Å². The van der Waals surface area contributed by atoms with Gasteiger partial charge >= 0.3 is 0 Å². The van der Waals surface area contributed by atoms with Crippen LogP contribution in [0, 0.1) is 19.3 Å². The van der Waals surface area contributed by atoms with E-state index in [0.29, 0.717) is 32.0 Å². The number of halogens is 1. The second-order valence-electron chi connectivity index (χ2n) is 11.6. The second kappa shape index (κ2) is 14.7. The summed E-state index contributed by atoms with van der Waals surface area (Å²) in [5, 5.41) is 41.7. The lowest BCUT2D eigenvalue weighted by Crippen LogP contribution is -2.22. The summed E-state index contributed by atoms with van der Waals surface area (Å²) in [6.07, 6.45) is 0. The zero-order valence-corrected chi connectivity index (χ0v) is 31.7. The van der Waals surface area contributed by atoms with Crippen molar-refractivity contribution in [1.29, 1.82) is 5.41 Å². The van der Waals surface area contributed by atoms with E-state index in [1.807, 2.05) is 0 Å². The Morgan fingerprint density at radius 1 is 0.909 bits per heavy atom. The van der Waals surface area contributed by atoms with Gasteiger partial charge < -0.3 is 20.8 Å². The average Bonchev–Trinajstić information content (AvgIpc) is 3.51. The number of aryl methyl sites for hydroxylation is 1. The summed E-state index contributed by atoms with van der Waals surface area (Å²) in [4.78, 5) is 29.1. The minimum absolute atomic E-state index is 0.00163. The number of rotatable bonds is 11. The highest BCUT2D eigenvalue weighted by molar-refractivity contribution is 7.86. The lowest BCUT2D eigenvalue weighted by atomic mass is 10.1. The molecule has 0 saturated carbocycles. The molecule has 3 aromatic carbocycles. The molecular weight excluding hydrogens is 800 g/mol. The summed E-state index contributed by atoms with van der Waals surface area (Å²) in [7, 11) is -9.34. The number of hydrogen-bond donors (Lipinski definition) is 7. The van der Waals surface area contributed by atoms with Crippen molar-refractivity contribution >= 4 is 93.9 Å². The van der Waals surface area contributed by atoms with Gasteiger partial charge in [0.05, 0.1) is 10.2 Å². The molecule has 55 heavy (non-hydrogen) atoms. The predicted octanol–water partition coefficient (Wildman–Crippen LogP) is 6.59. The molecule has 0 spiro atoms. The minimum atomic E-state index is -4.86. The Morgan fingerprint density at radius 3 is 2.15 bits per heavy atom. The van der Waals surface area contributed by atoms with Crippen LogP contribution in [0.4, 0.5) is 34.6 Å². The first kappa shape index (κ1) is 38.8. The van der Waals surface area contributed by atoms with Crippen molar-refractivity contribution in [1.82, 2.24) is 24.5 Å². The van der Waals surface area contributed by atoms with Crippen molar-refractivity contribution in [2.24, 2.45) is 10.2 Å². The Balaban J connectivity index is 1.27. The van der Waals surface area contributed by atoms with E-state index in [9.17, 15) is 40.9 Å². The van der Waals surface area contributed by atoms with Crippen molar-refractivity contribution in [2.75, 3.05) is 10.6 Å². The van der Waals surface area contributed by atoms with Crippen LogP contribution in [0.2, 0.25) is 5.28 Å². The molecule has 0 aliphatic heterocycles. The first-order valence-corrected chi connectivity index (χ1v) is 19.6. The van der Waals surface area contributed by atoms with Gasteiger partial charge in [0.25, 0.3) is 25.8 Å². The number of aromatic hydroxyl groups is 1. The highest BCUT2D eigenvalue weighted by Crippen LogP contribution is 2.37. The van der Waals surface area contributed by atoms with Gasteiger partial charge in [-0.1, -0.05) is 6.07 Å². The first-order chi connectivity index (χ1) is 25.8. The van der Waals surface area contributed by atoms with Gasteiger partial charge in [-0.25, -0.2) is 4.98 Å². The normalized spacial score (nSPS) is 12.0. The van der Waals surface area contributed by atoms with Crippen LogP contribution < -0.4 is 16.2 Å². The maximum absolute atomic E-state index is 13.0. The molecule has 284 valence electrons. The van der Waals surface area contributed by atoms with Crippen molar-refractivity contribution in [2.45, 2.75) is 37.1 Å². The number of aliphatic hydroxyl groups is 1. The van der Waals surface area contributed by atoms with Crippen LogP contribution in [-0.2, 0) is 26.8 Å². The van der Waals surface area contributed by atoms with Crippen LogP contribution in [0.5, 0.6) is 5.88 Å². The highest BCUT2D eigenvalue weighted by Gasteiger charge is 2.23. The van der Waals surface area contributed by atoms with Crippen molar-refractivity contribution < 1.29 is 36.2 Å². The molecule has 0 unspecified atom stereocenters. The van der Waals surface area contributed by atoms with Gasteiger partial charge in [-0.05, 0) is 86.5 Å². The number of pyridine rings is 1. The van der Waals surface area contributed by atoms with E-state index in [1.165, 1.54) is 19.9 Å². The van der Waals surface area contributed by atoms with Gasteiger partial charge in [-0.15, -0.1) is 21.6 Å². The largest absolute Gasteiger partial charge is 0.494 e. The molecule has 6 rings (SSSR count). The molecule has 0 radical (unpaired) electrons. The van der Waals surface area contributed by atoms with Gasteiger partial charge in [0.2, 0.25) is 29.0 Å². The van der Waals surface area contributed by atoms with Crippen molar-refractivity contribution in [3.63, 3.8) is 0 Å². The van der Waals surface area contributed by atoms with E-state index in [2.05, 4.69) is 40.8 Å². The fourth-order valence-corrected chi connectivity index (χ4v) is 8.50. The number of nitrogens with zero attached hydrogens (tertiary/aromatic N) is 7. The number of anilines is 4. The van der Waals surface area contributed by atoms with Gasteiger partial charge in [-0.2, -0.15) is 31.8 Å². The van der Waals surface area contributed by atoms with Gasteiger partial charge in [0, 0.05) is 29.0 Å². The standard InChI is InChI=1S/C32H27ClN10O9S3/c1-4-43-28(45)22(26(34)44)15(3)23(29(43)46)42-41-20-13-18(10-12-21(20)54(47,48)49)36-32-39-30(33)38-31(40-32)35-17-8-6-16(7-9-17)27-37-19-11-5-14(2)25(24(19)53-27)55(50,51)52/h5-13,45H,4H2,1-3H3,(H2,34,44)(H,47,48,49)(H,50,51,52)(H2,35,36,38,39,40). The lowest BCUT2D eigenvalue weighted by Gasteiger charge is -2.13. The number of nitrogens with one attached hydrogen (secondary N) is 3. The Labute approximate surface area is 320 Å². The molecule has 6 aromatic rings. The molecular formula is C32H27ClN10O9S3. The maximum atomic E-state index is 13.0. The average molecular weight is 827 g/mol. The van der Waals surface area contributed by atoms with Crippen LogP contribution in [0.1, 0.15) is 23.6 Å². The van der Waals surface area contributed by atoms with E-state index in [1.54, 1.807) is 43.3 Å². The topological polar surface area (TPSA) is 295 Å². The maximum Gasteiger partial charge on any atom is 0.296 e. The predicted molar refractivity (Wildman–Crippen MR) is 204 cm³/mol. The zero-order valence-electron chi connectivity index (χ0n) is 28.5. The molecule has 3 heterocycles. The summed E-state index contributed by atoms with van der Waals surface area (Å²) in [5.41, 5.74) is -0.0713. The molecule has 0 amide bonds. The summed E-state index contributed by atoms with van der Waals surface area (Å²) < 4.78 is 69.3. The number of fused-ring (bicyclic) bond motifs is 1. The third-order valence-electron chi connectivity index (χ3n) is 7.92. The summed E-state index contributed by atoms with van der Waals surface area (Å²) in [6.45, 7) is 4.34. The highest BCUT2D eigenvalue weighted by atomic mass is 35.5. The Bertz CT molecular complexity index is 2860. The van der Waals surface area contributed by atoms with Crippen LogP contribution in [0.3, 0.4) is 0 Å². The monoisotopic (exact) mass is 826 g/mol. The van der Waals surface area contributed by atoms with Crippen LogP contribution in [-0.4, -0.2) is 66.6 Å². The molecule has 3 aromatic heterocycles. The smallest absolute Gasteiger partial charge is 0.296 e. The number of hydrogen-bond acceptors (Lipinski definition) is 16. The molecule has 7 N–H and O–H groups in total. The van der Waals surface area contributed by atoms with Crippen molar-refractivity contribution in [3.8, 4) is 16.5 Å². The fraction of sp³-hybridized carbons (Fsp3) is 0.125. The third kappa shape index (κ3) is 7.99. The van der Waals surface area contributed by atoms with E-state index in [0.717, 1.165) is 28.0 Å². The zero-order chi connectivity index (χ0) is 40.0. The fourth-order valence-electron chi connectivity index (χ4n) is 5.42. The number of aromatic nitrogens is 5. The Kier molecular flexibility index (Phi) is 10.4. The number of thiazole rings is 1. The minimum Gasteiger partial charge on any atom is -0.494 e. The molecule has 19 nitrogen and oxygen atoms in total. The quantitative estimate of drug-likeness (QED) is 0.0314. The summed E-state index contributed by atoms with van der Waals surface area (Å²) in [5.74, 6) is -1.81. The molecule has 23 heteroatoms. The first-order valence-electron chi connectivity index (χ1n) is 15.6. The summed E-state index contributed by atoms with van der Waals surface area (Å²) >= 11 is 7.29. The second-order valence-corrected chi connectivity index (χ2v) is 15.6. The Hall–Kier alpha value is -5.91. The number of aliphatic hydroxyl groups excluding tert-OH is 1. The van der Waals surface area contributed by atoms with Gasteiger partial charge in [0.15, 0.2) is 5.69 Å². The SMILES string of the molecule is CCn1c(O)c(C(=N)O)c(C)c(N=Nc2cc(Nc3nc(Cl)nc(Nc4ccc(-c5nc6ccc(C)c(S(=O)(=O)O)c6s5)cc4)n3)ccc2S(=O)(=O)O)c1=O. The van der Waals surface area contributed by atoms with E-state index < -0.39 is 53.8 Å². The van der Waals surface area contributed by atoms with Gasteiger partial charge in [-0.3, -0.25) is 23.9 Å². The van der Waals surface area contributed by atoms with Crippen LogP contribution in [0.15, 0.2) is 79.4 Å². The number of benzene rings is 3. The van der Waals surface area contributed by atoms with E-state index in [-0.39, 0.29) is 45.4 Å². The summed E-state index contributed by atoms with van der Waals surface area (Å²) in [6, 6.07) is 13.5.